The lowest BCUT2D eigenvalue weighted by Gasteiger charge is -2.26. The number of hydrogen-bond acceptors (Lipinski definition) is 2. The highest BCUT2D eigenvalue weighted by Crippen LogP contribution is 2.43. The molecule has 1 heterocycles. The van der Waals surface area contributed by atoms with E-state index in [2.05, 4.69) is 263 Å². The second-order valence-corrected chi connectivity index (χ2v) is 17.9. The van der Waals surface area contributed by atoms with Crippen LogP contribution in [0.25, 0.3) is 27.5 Å². The number of para-hydroxylation sites is 4. The van der Waals surface area contributed by atoms with Crippen LogP contribution in [-0.2, 0) is 0 Å². The van der Waals surface area contributed by atoms with Crippen LogP contribution in [0.3, 0.4) is 0 Å². The summed E-state index contributed by atoms with van der Waals surface area (Å²) in [6, 6.07) is 73.3. The summed E-state index contributed by atoms with van der Waals surface area (Å²) in [5.74, 6) is 0. The molecule has 316 valence electrons. The normalized spacial score (nSPS) is 11.3. The van der Waals surface area contributed by atoms with Gasteiger partial charge in [0.25, 0.3) is 0 Å². The highest BCUT2D eigenvalue weighted by atomic mass is 15.1. The molecule has 9 aromatic carbocycles. The number of aryl methyl sites for hydroxylation is 7. The Hall–Kier alpha value is -7.56. The highest BCUT2D eigenvalue weighted by molar-refractivity contribution is 6.96. The molecular formula is C61H54BN3. The minimum Gasteiger partial charge on any atom is -0.310 e. The van der Waals surface area contributed by atoms with E-state index in [1.54, 1.807) is 0 Å². The van der Waals surface area contributed by atoms with Gasteiger partial charge in [0, 0.05) is 50.6 Å². The quantitative estimate of drug-likeness (QED) is 0.127. The molecule has 10 rings (SSSR count). The van der Waals surface area contributed by atoms with E-state index in [1.807, 2.05) is 0 Å². The Morgan fingerprint density at radius 2 is 0.692 bits per heavy atom. The van der Waals surface area contributed by atoms with Crippen LogP contribution in [0.15, 0.2) is 200 Å². The lowest BCUT2D eigenvalue weighted by molar-refractivity contribution is 1.16. The van der Waals surface area contributed by atoms with Gasteiger partial charge in [-0.25, -0.2) is 0 Å². The van der Waals surface area contributed by atoms with Crippen LogP contribution in [0, 0.1) is 48.5 Å². The molecule has 0 fully saturated rings. The molecule has 0 unspecified atom stereocenters. The number of nitrogens with zero attached hydrogens (tertiary/aromatic N) is 3. The summed E-state index contributed by atoms with van der Waals surface area (Å²) in [5, 5.41) is 2.38. The molecule has 0 N–H and O–H groups in total. The molecule has 0 radical (unpaired) electrons. The lowest BCUT2D eigenvalue weighted by atomic mass is 9.33. The van der Waals surface area contributed by atoms with E-state index in [0.29, 0.717) is 0 Å². The second-order valence-electron chi connectivity index (χ2n) is 17.9. The van der Waals surface area contributed by atoms with Crippen molar-refractivity contribution in [3.63, 3.8) is 0 Å². The molecule has 0 aliphatic heterocycles. The third-order valence-corrected chi connectivity index (χ3v) is 13.2. The van der Waals surface area contributed by atoms with E-state index in [-0.39, 0.29) is 6.71 Å². The Morgan fingerprint density at radius 3 is 1.08 bits per heavy atom. The molecule has 4 heteroatoms. The maximum Gasteiger partial charge on any atom is 0.242 e. The van der Waals surface area contributed by atoms with Crippen LogP contribution in [0.5, 0.6) is 0 Å². The average Bonchev–Trinajstić information content (AvgIpc) is 3.63. The van der Waals surface area contributed by atoms with Crippen LogP contribution >= 0.6 is 0 Å². The third kappa shape index (κ3) is 7.70. The van der Waals surface area contributed by atoms with Gasteiger partial charge in [0.1, 0.15) is 0 Å². The van der Waals surface area contributed by atoms with Gasteiger partial charge in [-0.15, -0.1) is 0 Å². The number of fused-ring (bicyclic) bond motifs is 3. The van der Waals surface area contributed by atoms with Crippen molar-refractivity contribution in [1.82, 2.24) is 4.57 Å². The Balaban J connectivity index is 1.22. The number of anilines is 6. The Bertz CT molecular complexity index is 3070. The predicted octanol–water partition coefficient (Wildman–Crippen LogP) is 14.4. The van der Waals surface area contributed by atoms with Crippen LogP contribution in [0.4, 0.5) is 34.1 Å². The molecule has 10 aromatic rings. The summed E-state index contributed by atoms with van der Waals surface area (Å²) in [5.41, 5.74) is 23.4. The van der Waals surface area contributed by atoms with Crippen molar-refractivity contribution >= 4 is 79.0 Å². The van der Waals surface area contributed by atoms with Crippen LogP contribution in [0.2, 0.25) is 0 Å². The maximum absolute atomic E-state index is 2.49. The van der Waals surface area contributed by atoms with Crippen molar-refractivity contribution in [3.8, 4) is 5.69 Å². The molecule has 0 bridgehead atoms. The molecule has 65 heavy (non-hydrogen) atoms. The fourth-order valence-electron chi connectivity index (χ4n) is 10.5. The van der Waals surface area contributed by atoms with Gasteiger partial charge in [-0.1, -0.05) is 158 Å². The van der Waals surface area contributed by atoms with Gasteiger partial charge in [-0.05, 0) is 146 Å². The fourth-order valence-corrected chi connectivity index (χ4v) is 10.5. The van der Waals surface area contributed by atoms with Crippen molar-refractivity contribution in [2.24, 2.45) is 0 Å². The minimum absolute atomic E-state index is 0.0948. The van der Waals surface area contributed by atoms with E-state index in [9.17, 15) is 0 Å². The highest BCUT2D eigenvalue weighted by Gasteiger charge is 2.30. The first-order valence-electron chi connectivity index (χ1n) is 22.8. The van der Waals surface area contributed by atoms with Gasteiger partial charge in [-0.3, -0.25) is 0 Å². The first-order valence-corrected chi connectivity index (χ1v) is 22.8. The number of benzene rings is 9. The molecule has 1 aromatic heterocycles. The van der Waals surface area contributed by atoms with E-state index in [4.69, 9.17) is 0 Å². The number of aromatic nitrogens is 1. The standard InChI is InChI=1S/C61H54BN3/c1-41-28-31-57(43(3)34-41)62(60-44(4)35-42(2)36-45(60)5)61-46(6)37-54(38-47(61)7)65-58-32-29-52(63(48-20-12-8-13-21-48)49-22-14-9-15-23-49)39-55(58)56-40-53(30-33-59(56)65)64(50-24-16-10-17-25-50)51-26-18-11-19-27-51/h8-40H,1-7H3. The fraction of sp³-hybridized carbons (Fsp3) is 0.115. The monoisotopic (exact) mass is 839 g/mol. The average molecular weight is 840 g/mol. The molecule has 3 nitrogen and oxygen atoms in total. The summed E-state index contributed by atoms with van der Waals surface area (Å²) < 4.78 is 2.49. The summed E-state index contributed by atoms with van der Waals surface area (Å²) in [7, 11) is 0. The Kier molecular flexibility index (Phi) is 11.0. The Labute approximate surface area is 385 Å². The second kappa shape index (κ2) is 17.2. The SMILES string of the molecule is Cc1ccc(B(c2c(C)cc(C)cc2C)c2c(C)cc(-n3c4ccc(N(c5ccccc5)c5ccccc5)cc4c4cc(N(c5ccccc5)c5ccccc5)ccc43)cc2C)c(C)c1. The molecule has 0 saturated carbocycles. The van der Waals surface area contributed by atoms with Crippen LogP contribution < -0.4 is 26.2 Å². The zero-order valence-corrected chi connectivity index (χ0v) is 38.5. The first-order chi connectivity index (χ1) is 31.6. The van der Waals surface area contributed by atoms with E-state index in [0.717, 1.165) is 50.8 Å². The first kappa shape index (κ1) is 41.5. The zero-order chi connectivity index (χ0) is 44.8. The molecular weight excluding hydrogens is 786 g/mol. The third-order valence-electron chi connectivity index (χ3n) is 13.2. The molecule has 0 spiro atoms. The van der Waals surface area contributed by atoms with Crippen LogP contribution in [-0.4, -0.2) is 11.3 Å². The molecule has 0 aliphatic rings. The smallest absolute Gasteiger partial charge is 0.242 e. The maximum atomic E-state index is 2.49. The van der Waals surface area contributed by atoms with Crippen molar-refractivity contribution in [2.45, 2.75) is 48.5 Å². The predicted molar refractivity (Wildman–Crippen MR) is 281 cm³/mol. The van der Waals surface area contributed by atoms with Crippen molar-refractivity contribution in [2.75, 3.05) is 9.80 Å². The van der Waals surface area contributed by atoms with Gasteiger partial charge < -0.3 is 14.4 Å². The van der Waals surface area contributed by atoms with Gasteiger partial charge in [-0.2, -0.15) is 0 Å². The van der Waals surface area contributed by atoms with Crippen LogP contribution in [0.1, 0.15) is 38.9 Å². The van der Waals surface area contributed by atoms with Gasteiger partial charge in [0.05, 0.1) is 11.0 Å². The van der Waals surface area contributed by atoms with Crippen molar-refractivity contribution in [3.05, 3.63) is 239 Å². The molecule has 0 aliphatic carbocycles. The van der Waals surface area contributed by atoms with Gasteiger partial charge in [0.2, 0.25) is 6.71 Å². The minimum atomic E-state index is 0.0948. The summed E-state index contributed by atoms with van der Waals surface area (Å²) >= 11 is 0. The van der Waals surface area contributed by atoms with Gasteiger partial charge in [0.15, 0.2) is 0 Å². The summed E-state index contributed by atoms with van der Waals surface area (Å²) in [6.45, 7) is 16.0. The molecule has 0 saturated heterocycles. The summed E-state index contributed by atoms with van der Waals surface area (Å²) in [4.78, 5) is 4.72. The largest absolute Gasteiger partial charge is 0.310 e. The molecule has 0 atom stereocenters. The van der Waals surface area contributed by atoms with E-state index < -0.39 is 0 Å². The number of hydrogen-bond donors (Lipinski definition) is 0. The summed E-state index contributed by atoms with van der Waals surface area (Å²) in [6.07, 6.45) is 0. The lowest BCUT2D eigenvalue weighted by Crippen LogP contribution is -2.56. The van der Waals surface area contributed by atoms with Crippen molar-refractivity contribution < 1.29 is 0 Å². The van der Waals surface area contributed by atoms with Crippen molar-refractivity contribution in [1.29, 1.82) is 0 Å². The van der Waals surface area contributed by atoms with E-state index >= 15 is 0 Å². The van der Waals surface area contributed by atoms with Gasteiger partial charge >= 0.3 is 0 Å². The Morgan fingerprint density at radius 1 is 0.323 bits per heavy atom. The zero-order valence-electron chi connectivity index (χ0n) is 38.5. The van der Waals surface area contributed by atoms with E-state index in [1.165, 1.54) is 66.1 Å². The molecule has 0 amide bonds. The number of rotatable bonds is 10. The topological polar surface area (TPSA) is 11.4 Å².